The largest absolute Gasteiger partial charge is 0.451 e. The molecule has 2 aromatic heterocycles. The topological polar surface area (TPSA) is 70.8 Å². The van der Waals surface area contributed by atoms with E-state index in [4.69, 9.17) is 24.4 Å². The van der Waals surface area contributed by atoms with Gasteiger partial charge in [-0.25, -0.2) is 4.79 Å². The van der Waals surface area contributed by atoms with Gasteiger partial charge in [-0.3, -0.25) is 4.57 Å². The van der Waals surface area contributed by atoms with Crippen LogP contribution in [0.1, 0.15) is 41.2 Å². The summed E-state index contributed by atoms with van der Waals surface area (Å²) in [5.74, 6) is 1.37. The van der Waals surface area contributed by atoms with E-state index in [1.165, 1.54) is 0 Å². The predicted molar refractivity (Wildman–Crippen MR) is 113 cm³/mol. The Balaban J connectivity index is 2.59. The summed E-state index contributed by atoms with van der Waals surface area (Å²) in [6, 6.07) is 1.27. The Kier molecular flexibility index (Phi) is 5.07. The molecule has 3 rings (SSSR count). The second-order valence-corrected chi connectivity index (χ2v) is 7.62. The molecule has 0 amide bonds. The summed E-state index contributed by atoms with van der Waals surface area (Å²) < 4.78 is 43.1. The number of alkyl halides is 3. The maximum atomic E-state index is 13.3. The van der Waals surface area contributed by atoms with E-state index in [2.05, 4.69) is 11.0 Å². The lowest BCUT2D eigenvalue weighted by Crippen LogP contribution is -2.24. The number of nitrogens with zero attached hydrogens (tertiary/aromatic N) is 4. The molecule has 0 fully saturated rings. The normalized spacial score (nSPS) is 12.9. The van der Waals surface area contributed by atoms with E-state index in [-0.39, 0.29) is 16.7 Å². The van der Waals surface area contributed by atoms with Gasteiger partial charge in [0.1, 0.15) is 4.99 Å². The fourth-order valence-corrected chi connectivity index (χ4v) is 3.94. The molecular formula is C20H20F3N5OS. The summed E-state index contributed by atoms with van der Waals surface area (Å²) in [6.45, 7) is 7.13. The van der Waals surface area contributed by atoms with Gasteiger partial charge >= 0.3 is 11.9 Å². The van der Waals surface area contributed by atoms with Gasteiger partial charge in [-0.1, -0.05) is 18.1 Å². The van der Waals surface area contributed by atoms with E-state index in [0.29, 0.717) is 26.6 Å². The number of aryl methyl sites for hydroxylation is 2. The van der Waals surface area contributed by atoms with Crippen molar-refractivity contribution in [2.75, 3.05) is 0 Å². The Bertz CT molecular complexity index is 1300. The van der Waals surface area contributed by atoms with Gasteiger partial charge in [0.25, 0.3) is 0 Å². The van der Waals surface area contributed by atoms with E-state index >= 15 is 0 Å². The Morgan fingerprint density at radius 2 is 1.93 bits per heavy atom. The summed E-state index contributed by atoms with van der Waals surface area (Å²) >= 11 is 5.22. The molecule has 0 saturated carbocycles. The minimum atomic E-state index is -4.78. The molecule has 0 bridgehead atoms. The number of thiocarbonyl (C=S) groups is 1. The van der Waals surface area contributed by atoms with Crippen LogP contribution in [0, 0.1) is 33.1 Å². The first-order valence-corrected chi connectivity index (χ1v) is 9.37. The van der Waals surface area contributed by atoms with Gasteiger partial charge in [0.2, 0.25) is 5.82 Å². The molecule has 1 atom stereocenters. The molecule has 0 spiro atoms. The van der Waals surface area contributed by atoms with Crippen molar-refractivity contribution in [2.45, 2.75) is 39.9 Å². The number of nitrogens with two attached hydrogens (primary N) is 1. The van der Waals surface area contributed by atoms with Gasteiger partial charge in [-0.15, -0.1) is 11.5 Å². The molecule has 0 aliphatic rings. The lowest BCUT2D eigenvalue weighted by atomic mass is 10.0. The monoisotopic (exact) mass is 435 g/mol. The second-order valence-electron chi connectivity index (χ2n) is 7.18. The number of rotatable bonds is 3. The van der Waals surface area contributed by atoms with Crippen molar-refractivity contribution in [1.82, 2.24) is 18.9 Å². The van der Waals surface area contributed by atoms with Crippen molar-refractivity contribution in [3.63, 3.8) is 0 Å². The second kappa shape index (κ2) is 7.02. The van der Waals surface area contributed by atoms with Crippen LogP contribution < -0.4 is 11.4 Å². The van der Waals surface area contributed by atoms with Crippen LogP contribution in [0.2, 0.25) is 0 Å². The maximum absolute atomic E-state index is 13.3. The van der Waals surface area contributed by atoms with Crippen LogP contribution in [0.3, 0.4) is 0 Å². The lowest BCUT2D eigenvalue weighted by molar-refractivity contribution is -0.147. The van der Waals surface area contributed by atoms with Crippen molar-refractivity contribution in [3.05, 3.63) is 44.8 Å². The fourth-order valence-electron chi connectivity index (χ4n) is 3.78. The number of hydrogen-bond donors (Lipinski definition) is 1. The van der Waals surface area contributed by atoms with Crippen LogP contribution >= 0.6 is 12.2 Å². The van der Waals surface area contributed by atoms with Crippen LogP contribution in [0.4, 0.5) is 13.2 Å². The Hall–Kier alpha value is -3.06. The molecule has 158 valence electrons. The highest BCUT2D eigenvalue weighted by Gasteiger charge is 2.38. The van der Waals surface area contributed by atoms with E-state index in [0.717, 1.165) is 23.0 Å². The average Bonchev–Trinajstić information content (AvgIpc) is 3.09. The zero-order valence-electron chi connectivity index (χ0n) is 17.0. The minimum absolute atomic E-state index is 0.113. The Morgan fingerprint density at radius 3 is 2.40 bits per heavy atom. The van der Waals surface area contributed by atoms with E-state index in [9.17, 15) is 18.0 Å². The number of halogens is 3. The molecule has 3 aromatic rings. The van der Waals surface area contributed by atoms with E-state index in [1.807, 2.05) is 25.3 Å². The van der Waals surface area contributed by atoms with Gasteiger partial charge in [-0.05, 0) is 44.9 Å². The van der Waals surface area contributed by atoms with Gasteiger partial charge < -0.3 is 10.3 Å². The zero-order chi connectivity index (χ0) is 22.7. The molecule has 0 saturated heterocycles. The molecule has 10 heteroatoms. The number of hydrogen-bond acceptors (Lipinski definition) is 3. The first kappa shape index (κ1) is 21.6. The fraction of sp³-hybridized carbons (Fsp3) is 0.350. The van der Waals surface area contributed by atoms with Gasteiger partial charge in [0.05, 0.1) is 17.2 Å². The SMILES string of the molecule is C#CC(C)n1c(C)c(C)c2c(-n3nc(C(F)(F)F)n(C)c3=O)c(C)cc(C(N)=S)c21. The average molecular weight is 435 g/mol. The zero-order valence-corrected chi connectivity index (χ0v) is 17.9. The van der Waals surface area contributed by atoms with Gasteiger partial charge in [0.15, 0.2) is 0 Å². The maximum Gasteiger partial charge on any atom is 0.451 e. The third kappa shape index (κ3) is 3.01. The molecule has 0 radical (unpaired) electrons. The van der Waals surface area contributed by atoms with Crippen LogP contribution in [-0.2, 0) is 13.2 Å². The summed E-state index contributed by atoms with van der Waals surface area (Å²) in [7, 11) is 1.04. The molecule has 30 heavy (non-hydrogen) atoms. The first-order valence-electron chi connectivity index (χ1n) is 8.97. The quantitative estimate of drug-likeness (QED) is 0.506. The molecule has 1 aromatic carbocycles. The highest BCUT2D eigenvalue weighted by Crippen LogP contribution is 2.37. The van der Waals surface area contributed by atoms with E-state index < -0.39 is 17.7 Å². The summed E-state index contributed by atoms with van der Waals surface area (Å²) in [4.78, 5) is 12.8. The lowest BCUT2D eigenvalue weighted by Gasteiger charge is -2.16. The summed E-state index contributed by atoms with van der Waals surface area (Å²) in [5.41, 5.74) is 8.42. The molecule has 2 heterocycles. The number of fused-ring (bicyclic) bond motifs is 1. The van der Waals surface area contributed by atoms with Crippen LogP contribution in [0.25, 0.3) is 16.6 Å². The predicted octanol–water partition coefficient (Wildman–Crippen LogP) is 3.30. The Morgan fingerprint density at radius 1 is 1.33 bits per heavy atom. The van der Waals surface area contributed by atoms with Crippen LogP contribution in [0.5, 0.6) is 0 Å². The van der Waals surface area contributed by atoms with E-state index in [1.54, 1.807) is 13.0 Å². The Labute approximate surface area is 176 Å². The summed E-state index contributed by atoms with van der Waals surface area (Å²) in [5, 5.41) is 4.14. The highest BCUT2D eigenvalue weighted by molar-refractivity contribution is 7.80. The van der Waals surface area contributed by atoms with Crippen molar-refractivity contribution < 1.29 is 13.2 Å². The molecule has 6 nitrogen and oxygen atoms in total. The van der Waals surface area contributed by atoms with Gasteiger partial charge in [-0.2, -0.15) is 17.9 Å². The number of benzene rings is 1. The molecule has 0 aliphatic carbocycles. The van der Waals surface area contributed by atoms with Gasteiger partial charge in [0, 0.05) is 23.7 Å². The molecule has 2 N–H and O–H groups in total. The minimum Gasteiger partial charge on any atom is -0.389 e. The highest BCUT2D eigenvalue weighted by atomic mass is 32.1. The molecular weight excluding hydrogens is 415 g/mol. The molecule has 0 aliphatic heterocycles. The number of terminal acetylenes is 1. The summed E-state index contributed by atoms with van der Waals surface area (Å²) in [6.07, 6.45) is 0.865. The third-order valence-corrected chi connectivity index (χ3v) is 5.54. The van der Waals surface area contributed by atoms with Crippen LogP contribution in [0.15, 0.2) is 10.9 Å². The molecule has 1 unspecified atom stereocenters. The van der Waals surface area contributed by atoms with Crippen LogP contribution in [-0.4, -0.2) is 23.9 Å². The first-order chi connectivity index (χ1) is 13.8. The van der Waals surface area contributed by atoms with Crippen molar-refractivity contribution in [1.29, 1.82) is 0 Å². The standard InChI is InChI=1S/C20H20F3N5OS/c1-7-10(3)27-12(5)11(4)14-15(9(2)8-13(16(14)27)17(24)30)28-19(29)26(6)18(25-28)20(21,22)23/h1,8,10H,2-6H3,(H2,24,30). The van der Waals surface area contributed by atoms with Crippen molar-refractivity contribution >= 4 is 28.1 Å². The smallest absolute Gasteiger partial charge is 0.389 e. The third-order valence-electron chi connectivity index (χ3n) is 5.32. The van der Waals surface area contributed by atoms with Crippen molar-refractivity contribution in [3.8, 4) is 18.0 Å². The number of aromatic nitrogens is 4. The van der Waals surface area contributed by atoms with Crippen molar-refractivity contribution in [2.24, 2.45) is 12.8 Å².